The molecule has 0 fully saturated rings. The van der Waals surface area contributed by atoms with Gasteiger partial charge in [0.25, 0.3) is 5.91 Å². The second kappa shape index (κ2) is 5.70. The largest absolute Gasteiger partial charge is 0.493 e. The number of ether oxygens (including phenoxy) is 1. The van der Waals surface area contributed by atoms with Crippen LogP contribution in [0.15, 0.2) is 0 Å². The molecule has 100 valence electrons. The monoisotopic (exact) mass is 265 g/mol. The van der Waals surface area contributed by atoms with E-state index in [4.69, 9.17) is 0 Å². The minimum atomic E-state index is -2.05. The Morgan fingerprint density at radius 1 is 1.11 bits per heavy atom. The molecule has 0 aliphatic rings. The summed E-state index contributed by atoms with van der Waals surface area (Å²) in [7, 11) is 0.922. The lowest BCUT2D eigenvalue weighted by Crippen LogP contribution is -2.26. The van der Waals surface area contributed by atoms with Crippen molar-refractivity contribution in [3.8, 4) is 5.75 Å². The summed E-state index contributed by atoms with van der Waals surface area (Å²) in [6.45, 7) is 1.92. The molecule has 7 heteroatoms. The number of amides is 1. The Kier molecular flexibility index (Phi) is 4.52. The van der Waals surface area contributed by atoms with Gasteiger partial charge in [-0.05, 0) is 6.42 Å². The zero-order valence-electron chi connectivity index (χ0n) is 9.74. The van der Waals surface area contributed by atoms with Gasteiger partial charge in [0.05, 0.1) is 7.11 Å². The van der Waals surface area contributed by atoms with E-state index in [9.17, 15) is 22.4 Å². The topological polar surface area (TPSA) is 38.3 Å². The third-order valence-electron chi connectivity index (χ3n) is 2.19. The fourth-order valence-electron chi connectivity index (χ4n) is 1.33. The molecule has 0 heterocycles. The van der Waals surface area contributed by atoms with Crippen LogP contribution in [-0.4, -0.2) is 19.6 Å². The van der Waals surface area contributed by atoms with Gasteiger partial charge < -0.3 is 10.1 Å². The maximum absolute atomic E-state index is 13.4. The molecule has 0 bridgehead atoms. The van der Waals surface area contributed by atoms with Gasteiger partial charge >= 0.3 is 0 Å². The third-order valence-corrected chi connectivity index (χ3v) is 2.19. The van der Waals surface area contributed by atoms with Gasteiger partial charge in [0.15, 0.2) is 17.4 Å². The minimum Gasteiger partial charge on any atom is -0.493 e. The number of carbonyl (C=O) groups excluding carboxylic acids is 1. The zero-order valence-corrected chi connectivity index (χ0v) is 9.74. The lowest BCUT2D eigenvalue weighted by atomic mass is 10.1. The minimum absolute atomic E-state index is 0.183. The van der Waals surface area contributed by atoms with Crippen LogP contribution in [0.3, 0.4) is 0 Å². The Labute approximate surface area is 101 Å². The summed E-state index contributed by atoms with van der Waals surface area (Å²) in [5.74, 6) is -9.60. The van der Waals surface area contributed by atoms with Gasteiger partial charge in [-0.25, -0.2) is 13.2 Å². The number of hydrogen-bond donors (Lipinski definition) is 1. The molecule has 0 spiro atoms. The number of methoxy groups -OCH3 is 1. The van der Waals surface area contributed by atoms with Crippen molar-refractivity contribution in [2.24, 2.45) is 0 Å². The molecule has 1 aromatic rings. The zero-order chi connectivity index (χ0) is 13.9. The number of hydrogen-bond acceptors (Lipinski definition) is 2. The maximum atomic E-state index is 13.4. The van der Waals surface area contributed by atoms with Crippen molar-refractivity contribution in [3.63, 3.8) is 0 Å². The Hall–Kier alpha value is -1.79. The summed E-state index contributed by atoms with van der Waals surface area (Å²) >= 11 is 0. The van der Waals surface area contributed by atoms with E-state index < -0.39 is 40.5 Å². The van der Waals surface area contributed by atoms with Crippen LogP contribution < -0.4 is 10.1 Å². The van der Waals surface area contributed by atoms with E-state index in [1.165, 1.54) is 0 Å². The fraction of sp³-hybridized carbons (Fsp3) is 0.364. The van der Waals surface area contributed by atoms with Crippen molar-refractivity contribution in [3.05, 3.63) is 28.8 Å². The van der Waals surface area contributed by atoms with E-state index in [1.807, 2.05) is 0 Å². The van der Waals surface area contributed by atoms with Crippen molar-refractivity contribution >= 4 is 5.91 Å². The van der Waals surface area contributed by atoms with Crippen LogP contribution in [0.4, 0.5) is 17.6 Å². The molecular weight excluding hydrogens is 254 g/mol. The number of halogens is 4. The van der Waals surface area contributed by atoms with Crippen LogP contribution in [0, 0.1) is 23.3 Å². The first-order chi connectivity index (χ1) is 8.45. The van der Waals surface area contributed by atoms with Gasteiger partial charge in [-0.15, -0.1) is 0 Å². The van der Waals surface area contributed by atoms with Gasteiger partial charge in [-0.3, -0.25) is 4.79 Å². The molecule has 0 aromatic heterocycles. The quantitative estimate of drug-likeness (QED) is 0.515. The van der Waals surface area contributed by atoms with Crippen LogP contribution in [0.25, 0.3) is 0 Å². The molecule has 0 aliphatic heterocycles. The highest BCUT2D eigenvalue weighted by atomic mass is 19.2. The Bertz CT molecular complexity index is 477. The van der Waals surface area contributed by atoms with E-state index in [1.54, 1.807) is 6.92 Å². The number of carbonyl (C=O) groups is 1. The van der Waals surface area contributed by atoms with Crippen LogP contribution in [0.1, 0.15) is 23.7 Å². The lowest BCUT2D eigenvalue weighted by molar-refractivity contribution is 0.0943. The number of nitrogens with one attached hydrogen (secondary N) is 1. The standard InChI is InChI=1S/C11H11F4NO2/c1-3-4-16-11(17)5-6(12)7(13)8(14)9(15)10(5)18-2/h3-4H2,1-2H3,(H,16,17). The van der Waals surface area contributed by atoms with Gasteiger partial charge in [0.1, 0.15) is 5.56 Å². The lowest BCUT2D eigenvalue weighted by Gasteiger charge is -2.12. The predicted molar refractivity (Wildman–Crippen MR) is 55.5 cm³/mol. The Balaban J connectivity index is 3.37. The Morgan fingerprint density at radius 3 is 2.17 bits per heavy atom. The molecule has 18 heavy (non-hydrogen) atoms. The van der Waals surface area contributed by atoms with E-state index in [0.29, 0.717) is 6.42 Å². The summed E-state index contributed by atoms with van der Waals surface area (Å²) in [4.78, 5) is 11.5. The first kappa shape index (κ1) is 14.3. The molecule has 1 N–H and O–H groups in total. The molecule has 0 saturated carbocycles. The first-order valence-corrected chi connectivity index (χ1v) is 5.13. The van der Waals surface area contributed by atoms with Crippen LogP contribution in [-0.2, 0) is 0 Å². The normalized spacial score (nSPS) is 10.3. The van der Waals surface area contributed by atoms with Crippen LogP contribution >= 0.6 is 0 Å². The van der Waals surface area contributed by atoms with Crippen molar-refractivity contribution in [1.29, 1.82) is 0 Å². The summed E-state index contributed by atoms with van der Waals surface area (Å²) in [5, 5.41) is 2.22. The second-order valence-electron chi connectivity index (χ2n) is 3.42. The maximum Gasteiger partial charge on any atom is 0.258 e. The summed E-state index contributed by atoms with van der Waals surface area (Å²) in [6, 6.07) is 0. The van der Waals surface area contributed by atoms with Crippen molar-refractivity contribution < 1.29 is 27.1 Å². The molecule has 0 aliphatic carbocycles. The van der Waals surface area contributed by atoms with Gasteiger partial charge in [0.2, 0.25) is 11.6 Å². The smallest absolute Gasteiger partial charge is 0.258 e. The highest BCUT2D eigenvalue weighted by Gasteiger charge is 2.29. The molecular formula is C11H11F4NO2. The average Bonchev–Trinajstić information content (AvgIpc) is 2.37. The molecule has 0 atom stereocenters. The van der Waals surface area contributed by atoms with Gasteiger partial charge in [-0.2, -0.15) is 4.39 Å². The average molecular weight is 265 g/mol. The fourth-order valence-corrected chi connectivity index (χ4v) is 1.33. The second-order valence-corrected chi connectivity index (χ2v) is 3.42. The van der Waals surface area contributed by atoms with Crippen LogP contribution in [0.2, 0.25) is 0 Å². The van der Waals surface area contributed by atoms with Crippen molar-refractivity contribution in [2.45, 2.75) is 13.3 Å². The molecule has 3 nitrogen and oxygen atoms in total. The van der Waals surface area contributed by atoms with Gasteiger partial charge in [-0.1, -0.05) is 6.92 Å². The van der Waals surface area contributed by atoms with Crippen LogP contribution in [0.5, 0.6) is 5.75 Å². The van der Waals surface area contributed by atoms with Crippen molar-refractivity contribution in [1.82, 2.24) is 5.32 Å². The first-order valence-electron chi connectivity index (χ1n) is 5.13. The summed E-state index contributed by atoms with van der Waals surface area (Å²) in [5.41, 5.74) is -0.984. The molecule has 0 radical (unpaired) electrons. The van der Waals surface area contributed by atoms with E-state index in [0.717, 1.165) is 7.11 Å². The highest BCUT2D eigenvalue weighted by molar-refractivity contribution is 5.97. The summed E-state index contributed by atoms with van der Waals surface area (Å²) < 4.78 is 57.1. The molecule has 0 saturated heterocycles. The number of benzene rings is 1. The highest BCUT2D eigenvalue weighted by Crippen LogP contribution is 2.30. The van der Waals surface area contributed by atoms with E-state index in [-0.39, 0.29) is 6.54 Å². The molecule has 1 amide bonds. The SMILES string of the molecule is CCCNC(=O)c1c(F)c(F)c(F)c(F)c1OC. The van der Waals surface area contributed by atoms with E-state index >= 15 is 0 Å². The summed E-state index contributed by atoms with van der Waals surface area (Å²) in [6.07, 6.45) is 0.543. The molecule has 1 rings (SSSR count). The number of rotatable bonds is 4. The van der Waals surface area contributed by atoms with Crippen molar-refractivity contribution in [2.75, 3.05) is 13.7 Å². The predicted octanol–water partition coefficient (Wildman–Crippen LogP) is 2.39. The Morgan fingerprint density at radius 2 is 1.67 bits per heavy atom. The molecule has 0 unspecified atom stereocenters. The molecule has 1 aromatic carbocycles. The van der Waals surface area contributed by atoms with Gasteiger partial charge in [0, 0.05) is 6.54 Å². The third kappa shape index (κ3) is 2.39. The van der Waals surface area contributed by atoms with E-state index in [2.05, 4.69) is 10.1 Å².